The largest absolute Gasteiger partial charge is 0.343 e. The SMILES string of the molecule is C/C(=C\[C@H](C(C)C)N(C)C(=O)C(NC(=O)C1CCCCN1C(C)C)C(C)C)C(=O)N1CCC(Cc2ccccc2)CC1. The predicted octanol–water partition coefficient (Wildman–Crippen LogP) is 5.30. The van der Waals surface area contributed by atoms with E-state index in [2.05, 4.69) is 62.2 Å². The summed E-state index contributed by atoms with van der Waals surface area (Å²) in [6.45, 7) is 16.7. The number of nitrogens with one attached hydrogen (secondary N) is 1. The lowest BCUT2D eigenvalue weighted by Crippen LogP contribution is -2.58. The number of piperidine rings is 2. The summed E-state index contributed by atoms with van der Waals surface area (Å²) >= 11 is 0. The second-order valence-electron chi connectivity index (χ2n) is 13.5. The number of likely N-dealkylation sites (tertiary alicyclic amines) is 2. The minimum absolute atomic E-state index is 0.0532. The molecule has 3 atom stereocenters. The zero-order valence-electron chi connectivity index (χ0n) is 27.4. The number of nitrogens with zero attached hydrogens (tertiary/aromatic N) is 3. The molecule has 3 amide bonds. The summed E-state index contributed by atoms with van der Waals surface area (Å²) in [5.74, 6) is 0.537. The van der Waals surface area contributed by atoms with Crippen LogP contribution in [0.2, 0.25) is 0 Å². The lowest BCUT2D eigenvalue weighted by Gasteiger charge is -2.39. The first-order chi connectivity index (χ1) is 19.9. The first-order valence-electron chi connectivity index (χ1n) is 16.2. The van der Waals surface area contributed by atoms with Crippen molar-refractivity contribution in [2.45, 2.75) is 111 Å². The van der Waals surface area contributed by atoms with Crippen molar-refractivity contribution in [2.75, 3.05) is 26.7 Å². The Kier molecular flexibility index (Phi) is 12.6. The fourth-order valence-electron chi connectivity index (χ4n) is 6.60. The van der Waals surface area contributed by atoms with E-state index in [1.54, 1.807) is 11.9 Å². The van der Waals surface area contributed by atoms with Crippen molar-refractivity contribution in [3.63, 3.8) is 0 Å². The van der Waals surface area contributed by atoms with Crippen LogP contribution in [0.3, 0.4) is 0 Å². The van der Waals surface area contributed by atoms with Crippen molar-refractivity contribution in [3.8, 4) is 0 Å². The molecule has 0 aliphatic carbocycles. The van der Waals surface area contributed by atoms with Gasteiger partial charge < -0.3 is 15.1 Å². The number of rotatable bonds is 11. The van der Waals surface area contributed by atoms with Crippen LogP contribution in [0.4, 0.5) is 0 Å². The van der Waals surface area contributed by atoms with E-state index in [0.717, 1.165) is 58.2 Å². The Morgan fingerprint density at radius 3 is 2.14 bits per heavy atom. The van der Waals surface area contributed by atoms with E-state index in [0.29, 0.717) is 11.5 Å². The smallest absolute Gasteiger partial charge is 0.249 e. The molecule has 1 aromatic carbocycles. The summed E-state index contributed by atoms with van der Waals surface area (Å²) in [6.07, 6.45) is 7.98. The van der Waals surface area contributed by atoms with Gasteiger partial charge in [-0.05, 0) is 82.7 Å². The molecular formula is C35H56N4O3. The van der Waals surface area contributed by atoms with Crippen LogP contribution in [0.1, 0.15) is 86.1 Å². The van der Waals surface area contributed by atoms with E-state index in [1.807, 2.05) is 37.8 Å². The van der Waals surface area contributed by atoms with Gasteiger partial charge in [-0.2, -0.15) is 0 Å². The van der Waals surface area contributed by atoms with Gasteiger partial charge in [0.05, 0.1) is 12.1 Å². The first kappa shape index (κ1) is 33.8. The minimum Gasteiger partial charge on any atom is -0.343 e. The van der Waals surface area contributed by atoms with E-state index in [9.17, 15) is 14.4 Å². The van der Waals surface area contributed by atoms with Crippen LogP contribution in [-0.4, -0.2) is 83.3 Å². The highest BCUT2D eigenvalue weighted by Gasteiger charge is 2.36. The maximum absolute atomic E-state index is 13.9. The van der Waals surface area contributed by atoms with Gasteiger partial charge in [0.25, 0.3) is 0 Å². The molecule has 2 fully saturated rings. The fourth-order valence-corrected chi connectivity index (χ4v) is 6.60. The summed E-state index contributed by atoms with van der Waals surface area (Å²) in [4.78, 5) is 46.7. The zero-order chi connectivity index (χ0) is 31.0. The summed E-state index contributed by atoms with van der Waals surface area (Å²) < 4.78 is 0. The minimum atomic E-state index is -0.618. The summed E-state index contributed by atoms with van der Waals surface area (Å²) in [5.41, 5.74) is 2.03. The second kappa shape index (κ2) is 15.7. The van der Waals surface area contributed by atoms with E-state index < -0.39 is 6.04 Å². The molecule has 0 radical (unpaired) electrons. The Hall–Kier alpha value is -2.67. The first-order valence-corrected chi connectivity index (χ1v) is 16.2. The van der Waals surface area contributed by atoms with Crippen LogP contribution in [0.5, 0.6) is 0 Å². The van der Waals surface area contributed by atoms with Gasteiger partial charge in [-0.3, -0.25) is 19.3 Å². The highest BCUT2D eigenvalue weighted by atomic mass is 16.2. The van der Waals surface area contributed by atoms with Crippen molar-refractivity contribution >= 4 is 17.7 Å². The fraction of sp³-hybridized carbons (Fsp3) is 0.686. The predicted molar refractivity (Wildman–Crippen MR) is 171 cm³/mol. The number of carbonyl (C=O) groups excluding carboxylic acids is 3. The van der Waals surface area contributed by atoms with Crippen molar-refractivity contribution < 1.29 is 14.4 Å². The molecule has 2 aliphatic heterocycles. The average molecular weight is 581 g/mol. The van der Waals surface area contributed by atoms with Gasteiger partial charge >= 0.3 is 0 Å². The number of amides is 3. The molecule has 0 saturated carbocycles. The second-order valence-corrected chi connectivity index (χ2v) is 13.5. The normalized spacial score (nSPS) is 20.6. The van der Waals surface area contributed by atoms with Gasteiger partial charge in [0, 0.05) is 31.8 Å². The molecule has 2 heterocycles. The topological polar surface area (TPSA) is 73.0 Å². The number of benzene rings is 1. The molecule has 2 unspecified atom stereocenters. The number of likely N-dealkylation sites (N-methyl/N-ethyl adjacent to an activating group) is 1. The van der Waals surface area contributed by atoms with Crippen LogP contribution < -0.4 is 5.32 Å². The van der Waals surface area contributed by atoms with E-state index in [-0.39, 0.29) is 47.7 Å². The molecule has 2 aliphatic rings. The van der Waals surface area contributed by atoms with Crippen molar-refractivity contribution in [1.82, 2.24) is 20.0 Å². The quantitative estimate of drug-likeness (QED) is 0.361. The van der Waals surface area contributed by atoms with Gasteiger partial charge in [-0.1, -0.05) is 70.5 Å². The maximum Gasteiger partial charge on any atom is 0.249 e. The molecule has 234 valence electrons. The molecule has 0 bridgehead atoms. The van der Waals surface area contributed by atoms with E-state index in [4.69, 9.17) is 0 Å². The van der Waals surface area contributed by atoms with Crippen LogP contribution in [-0.2, 0) is 20.8 Å². The maximum atomic E-state index is 13.9. The van der Waals surface area contributed by atoms with Crippen LogP contribution in [0, 0.1) is 17.8 Å². The average Bonchev–Trinajstić information content (AvgIpc) is 2.97. The third-order valence-electron chi connectivity index (χ3n) is 9.25. The van der Waals surface area contributed by atoms with E-state index >= 15 is 0 Å². The lowest BCUT2D eigenvalue weighted by atomic mass is 9.90. The Morgan fingerprint density at radius 1 is 0.929 bits per heavy atom. The van der Waals surface area contributed by atoms with Gasteiger partial charge in [-0.25, -0.2) is 0 Å². The highest BCUT2D eigenvalue weighted by Crippen LogP contribution is 2.24. The number of hydrogen-bond acceptors (Lipinski definition) is 4. The van der Waals surface area contributed by atoms with Crippen molar-refractivity contribution in [3.05, 3.63) is 47.5 Å². The third-order valence-corrected chi connectivity index (χ3v) is 9.25. The van der Waals surface area contributed by atoms with Crippen LogP contribution in [0.15, 0.2) is 42.0 Å². The van der Waals surface area contributed by atoms with Gasteiger partial charge in [-0.15, -0.1) is 0 Å². The van der Waals surface area contributed by atoms with Crippen molar-refractivity contribution in [2.24, 2.45) is 17.8 Å². The highest BCUT2D eigenvalue weighted by molar-refractivity contribution is 5.93. The molecule has 0 spiro atoms. The molecule has 42 heavy (non-hydrogen) atoms. The Bertz CT molecular complexity index is 1060. The number of carbonyl (C=O) groups is 3. The third kappa shape index (κ3) is 8.92. The van der Waals surface area contributed by atoms with Crippen molar-refractivity contribution in [1.29, 1.82) is 0 Å². The monoisotopic (exact) mass is 580 g/mol. The summed E-state index contributed by atoms with van der Waals surface area (Å²) in [5, 5.41) is 3.13. The molecule has 2 saturated heterocycles. The Labute approximate surface area is 255 Å². The molecule has 7 heteroatoms. The molecule has 1 aromatic rings. The number of hydrogen-bond donors (Lipinski definition) is 1. The van der Waals surface area contributed by atoms with Gasteiger partial charge in [0.1, 0.15) is 6.04 Å². The summed E-state index contributed by atoms with van der Waals surface area (Å²) in [7, 11) is 1.80. The van der Waals surface area contributed by atoms with Crippen LogP contribution in [0.25, 0.3) is 0 Å². The summed E-state index contributed by atoms with van der Waals surface area (Å²) in [6, 6.07) is 9.79. The Balaban J connectivity index is 1.65. The Morgan fingerprint density at radius 2 is 1.57 bits per heavy atom. The molecule has 1 N–H and O–H groups in total. The molecule has 3 rings (SSSR count). The molecular weight excluding hydrogens is 524 g/mol. The molecule has 0 aromatic heterocycles. The zero-order valence-corrected chi connectivity index (χ0v) is 27.4. The standard InChI is InChI=1S/C35H56N4O3/c1-24(2)31(22-27(7)34(41)38-20-17-29(18-21-38)23-28-14-10-9-11-15-28)37(8)35(42)32(25(3)4)36-33(40)30-16-12-13-19-39(30)26(5)6/h9-11,14-15,22,24-26,29-32H,12-13,16-21,23H2,1-8H3,(H,36,40)/b27-22+/t30?,31-,32?/m1/s1. The van der Waals surface area contributed by atoms with Crippen LogP contribution >= 0.6 is 0 Å². The van der Waals surface area contributed by atoms with E-state index in [1.165, 1.54) is 5.56 Å². The van der Waals surface area contributed by atoms with Gasteiger partial charge in [0.2, 0.25) is 17.7 Å². The lowest BCUT2D eigenvalue weighted by molar-refractivity contribution is -0.140. The molecule has 7 nitrogen and oxygen atoms in total. The van der Waals surface area contributed by atoms with Gasteiger partial charge in [0.15, 0.2) is 0 Å².